The highest BCUT2D eigenvalue weighted by Crippen LogP contribution is 2.09. The summed E-state index contributed by atoms with van der Waals surface area (Å²) < 4.78 is 0. The Morgan fingerprint density at radius 1 is 1.21 bits per heavy atom. The molecule has 0 aromatic heterocycles. The number of hydrogen-bond acceptors (Lipinski definition) is 1. The molecule has 0 radical (unpaired) electrons. The van der Waals surface area contributed by atoms with E-state index in [0.29, 0.717) is 0 Å². The fourth-order valence-corrected chi connectivity index (χ4v) is 1.72. The molecule has 1 aromatic rings. The molecule has 0 atom stereocenters. The van der Waals surface area contributed by atoms with Gasteiger partial charge in [-0.3, -0.25) is 0 Å². The molecule has 0 amide bonds. The molecular weight excluding hydrogens is 169 g/mol. The molecule has 0 unspecified atom stereocenters. The molecule has 0 saturated carbocycles. The van der Waals surface area contributed by atoms with Crippen LogP contribution in [0.25, 0.3) is 0 Å². The van der Waals surface area contributed by atoms with Crippen LogP contribution >= 0.6 is 0 Å². The molecule has 0 aliphatic carbocycles. The van der Waals surface area contributed by atoms with Gasteiger partial charge in [-0.15, -0.1) is 0 Å². The predicted octanol–water partition coefficient (Wildman–Crippen LogP) is 2.11. The summed E-state index contributed by atoms with van der Waals surface area (Å²) in [5.74, 6) is 0. The Bertz CT molecular complexity index is 284. The number of benzene rings is 1. The SMILES string of the molecule is CBc1cc(N)cc(CCCCC)c1. The maximum Gasteiger partial charge on any atom is 0.154 e. The molecule has 0 saturated heterocycles. The van der Waals surface area contributed by atoms with Gasteiger partial charge in [0, 0.05) is 5.69 Å². The van der Waals surface area contributed by atoms with Gasteiger partial charge in [-0.1, -0.05) is 38.1 Å². The molecule has 0 aliphatic rings. The number of aryl methyl sites for hydroxylation is 1. The summed E-state index contributed by atoms with van der Waals surface area (Å²) >= 11 is 0. The average molecular weight is 189 g/mol. The van der Waals surface area contributed by atoms with E-state index in [0.717, 1.165) is 13.0 Å². The number of nitrogens with two attached hydrogens (primary N) is 1. The van der Waals surface area contributed by atoms with E-state index < -0.39 is 0 Å². The third-order valence-electron chi connectivity index (χ3n) is 2.55. The predicted molar refractivity (Wildman–Crippen MR) is 66.7 cm³/mol. The molecule has 14 heavy (non-hydrogen) atoms. The molecule has 1 aromatic carbocycles. The van der Waals surface area contributed by atoms with E-state index >= 15 is 0 Å². The van der Waals surface area contributed by atoms with Gasteiger partial charge in [0.15, 0.2) is 7.28 Å². The monoisotopic (exact) mass is 189 g/mol. The fraction of sp³-hybridized carbons (Fsp3) is 0.500. The number of unbranched alkanes of at least 4 members (excludes halogenated alkanes) is 2. The molecule has 0 bridgehead atoms. The molecule has 0 aliphatic heterocycles. The minimum Gasteiger partial charge on any atom is -0.399 e. The van der Waals surface area contributed by atoms with Crippen molar-refractivity contribution in [1.29, 1.82) is 0 Å². The van der Waals surface area contributed by atoms with E-state index in [9.17, 15) is 0 Å². The summed E-state index contributed by atoms with van der Waals surface area (Å²) in [5, 5.41) is 0. The lowest BCUT2D eigenvalue weighted by molar-refractivity contribution is 0.718. The van der Waals surface area contributed by atoms with Gasteiger partial charge in [0.05, 0.1) is 0 Å². The standard InChI is InChI=1S/C12H20BN/c1-3-4-5-6-10-7-11(13-2)9-12(14)8-10/h7-9,13H,3-6,14H2,1-2H3. The first-order chi connectivity index (χ1) is 6.76. The Morgan fingerprint density at radius 2 is 2.00 bits per heavy atom. The zero-order valence-electron chi connectivity index (χ0n) is 9.34. The van der Waals surface area contributed by atoms with Crippen LogP contribution in [0, 0.1) is 0 Å². The molecule has 2 heteroatoms. The first-order valence-electron chi connectivity index (χ1n) is 5.64. The van der Waals surface area contributed by atoms with E-state index in [1.807, 2.05) is 0 Å². The number of rotatable bonds is 5. The second-order valence-electron chi connectivity index (χ2n) is 3.89. The molecule has 1 nitrogen and oxygen atoms in total. The van der Waals surface area contributed by atoms with Gasteiger partial charge in [0.2, 0.25) is 0 Å². The Morgan fingerprint density at radius 3 is 2.64 bits per heavy atom. The van der Waals surface area contributed by atoms with Gasteiger partial charge in [-0.25, -0.2) is 0 Å². The Balaban J connectivity index is 2.62. The quantitative estimate of drug-likeness (QED) is 0.428. The van der Waals surface area contributed by atoms with Crippen molar-refractivity contribution in [3.8, 4) is 0 Å². The third-order valence-corrected chi connectivity index (χ3v) is 2.55. The fourth-order valence-electron chi connectivity index (χ4n) is 1.72. The van der Waals surface area contributed by atoms with E-state index in [1.165, 1.54) is 36.7 Å². The van der Waals surface area contributed by atoms with Crippen molar-refractivity contribution < 1.29 is 0 Å². The van der Waals surface area contributed by atoms with Crippen molar-refractivity contribution in [3.05, 3.63) is 23.8 Å². The van der Waals surface area contributed by atoms with Crippen molar-refractivity contribution in [3.63, 3.8) is 0 Å². The van der Waals surface area contributed by atoms with Crippen LogP contribution < -0.4 is 11.2 Å². The summed E-state index contributed by atoms with van der Waals surface area (Å²) in [5.41, 5.74) is 9.51. The van der Waals surface area contributed by atoms with Crippen LogP contribution in [0.1, 0.15) is 31.7 Å². The molecule has 76 valence electrons. The van der Waals surface area contributed by atoms with Crippen molar-refractivity contribution in [1.82, 2.24) is 0 Å². The van der Waals surface area contributed by atoms with Crippen LogP contribution in [0.4, 0.5) is 5.69 Å². The van der Waals surface area contributed by atoms with Gasteiger partial charge in [0.1, 0.15) is 0 Å². The summed E-state index contributed by atoms with van der Waals surface area (Å²) in [4.78, 5) is 0. The molecule has 2 N–H and O–H groups in total. The Kier molecular flexibility index (Phi) is 4.58. The Hall–Kier alpha value is -0.915. The van der Waals surface area contributed by atoms with Crippen LogP contribution in [-0.4, -0.2) is 7.28 Å². The molecule has 1 rings (SSSR count). The minimum absolute atomic E-state index is 0.913. The number of nitrogen functional groups attached to an aromatic ring is 1. The zero-order chi connectivity index (χ0) is 10.4. The first kappa shape index (κ1) is 11.2. The highest BCUT2D eigenvalue weighted by Gasteiger charge is 1.98. The van der Waals surface area contributed by atoms with Crippen molar-refractivity contribution >= 4 is 18.4 Å². The van der Waals surface area contributed by atoms with Gasteiger partial charge in [-0.05, 0) is 30.5 Å². The van der Waals surface area contributed by atoms with Crippen LogP contribution in [-0.2, 0) is 6.42 Å². The van der Waals surface area contributed by atoms with Crippen LogP contribution in [0.15, 0.2) is 18.2 Å². The lowest BCUT2D eigenvalue weighted by Crippen LogP contribution is -2.12. The molecular formula is C12H20BN. The first-order valence-corrected chi connectivity index (χ1v) is 5.64. The largest absolute Gasteiger partial charge is 0.399 e. The molecule has 0 fully saturated rings. The summed E-state index contributed by atoms with van der Waals surface area (Å²) in [7, 11) is 1.08. The van der Waals surface area contributed by atoms with Crippen molar-refractivity contribution in [2.45, 2.75) is 39.4 Å². The van der Waals surface area contributed by atoms with Gasteiger partial charge < -0.3 is 5.73 Å². The van der Waals surface area contributed by atoms with Crippen LogP contribution in [0.3, 0.4) is 0 Å². The maximum absolute atomic E-state index is 5.84. The summed E-state index contributed by atoms with van der Waals surface area (Å²) in [6.45, 7) is 4.40. The lowest BCUT2D eigenvalue weighted by atomic mass is 9.72. The highest BCUT2D eigenvalue weighted by atomic mass is 14.5. The second kappa shape index (κ2) is 5.74. The van der Waals surface area contributed by atoms with Crippen molar-refractivity contribution in [2.24, 2.45) is 0 Å². The van der Waals surface area contributed by atoms with E-state index in [-0.39, 0.29) is 0 Å². The normalized spacial score (nSPS) is 10.1. The molecule has 0 heterocycles. The smallest absolute Gasteiger partial charge is 0.154 e. The van der Waals surface area contributed by atoms with Gasteiger partial charge >= 0.3 is 0 Å². The number of hydrogen-bond donors (Lipinski definition) is 1. The second-order valence-corrected chi connectivity index (χ2v) is 3.89. The van der Waals surface area contributed by atoms with Gasteiger partial charge in [-0.2, -0.15) is 0 Å². The summed E-state index contributed by atoms with van der Waals surface area (Å²) in [6, 6.07) is 6.46. The van der Waals surface area contributed by atoms with Gasteiger partial charge in [0.25, 0.3) is 0 Å². The number of anilines is 1. The van der Waals surface area contributed by atoms with E-state index in [4.69, 9.17) is 5.73 Å². The Labute approximate surface area is 87.9 Å². The molecule has 0 spiro atoms. The van der Waals surface area contributed by atoms with E-state index in [2.05, 4.69) is 31.9 Å². The minimum atomic E-state index is 0.913. The van der Waals surface area contributed by atoms with Crippen LogP contribution in [0.5, 0.6) is 0 Å². The lowest BCUT2D eigenvalue weighted by Gasteiger charge is -2.05. The zero-order valence-corrected chi connectivity index (χ0v) is 9.34. The average Bonchev–Trinajstić information content (AvgIpc) is 2.17. The van der Waals surface area contributed by atoms with Crippen molar-refractivity contribution in [2.75, 3.05) is 5.73 Å². The maximum atomic E-state index is 5.84. The third kappa shape index (κ3) is 3.45. The topological polar surface area (TPSA) is 26.0 Å². The summed E-state index contributed by atoms with van der Waals surface area (Å²) in [6.07, 6.45) is 5.05. The van der Waals surface area contributed by atoms with Crippen LogP contribution in [0.2, 0.25) is 6.82 Å². The van der Waals surface area contributed by atoms with E-state index in [1.54, 1.807) is 0 Å². The highest BCUT2D eigenvalue weighted by molar-refractivity contribution is 6.52.